The third kappa shape index (κ3) is 2.80. The Morgan fingerprint density at radius 3 is 2.73 bits per heavy atom. The summed E-state index contributed by atoms with van der Waals surface area (Å²) in [6.07, 6.45) is 1.46. The first-order valence-electron chi connectivity index (χ1n) is 4.44. The Hall–Kier alpha value is -1.85. The second-order valence-electron chi connectivity index (χ2n) is 3.84. The predicted octanol–water partition coefficient (Wildman–Crippen LogP) is 0.250. The maximum atomic E-state index is 11.4. The number of carbonyl (C=O) groups is 2. The lowest BCUT2D eigenvalue weighted by atomic mass is 9.94. The summed E-state index contributed by atoms with van der Waals surface area (Å²) in [4.78, 5) is 22.1. The Labute approximate surface area is 86.7 Å². The number of H-pyrrole nitrogens is 1. The quantitative estimate of drug-likeness (QED) is 0.665. The number of nitrogens with one attached hydrogen (secondary N) is 2. The van der Waals surface area contributed by atoms with Gasteiger partial charge in [0.15, 0.2) is 0 Å². The number of nitrogens with zero attached hydrogens (tertiary/aromatic N) is 1. The van der Waals surface area contributed by atoms with Gasteiger partial charge < -0.3 is 10.4 Å². The molecule has 0 spiro atoms. The van der Waals surface area contributed by atoms with Gasteiger partial charge in [0.1, 0.15) is 5.69 Å². The fourth-order valence-electron chi connectivity index (χ4n) is 0.854. The van der Waals surface area contributed by atoms with Crippen LogP contribution in [-0.2, 0) is 4.79 Å². The van der Waals surface area contributed by atoms with Crippen LogP contribution in [0.25, 0.3) is 0 Å². The van der Waals surface area contributed by atoms with E-state index < -0.39 is 11.4 Å². The van der Waals surface area contributed by atoms with Crippen molar-refractivity contribution in [3.63, 3.8) is 0 Å². The van der Waals surface area contributed by atoms with Crippen LogP contribution < -0.4 is 5.32 Å². The number of carboxylic acid groups (broad SMARTS) is 1. The molecule has 1 heterocycles. The minimum atomic E-state index is -0.977. The molecule has 0 radical (unpaired) electrons. The minimum absolute atomic E-state index is 0.0696. The van der Waals surface area contributed by atoms with Gasteiger partial charge in [0, 0.05) is 12.7 Å². The number of aliphatic carboxylic acids is 1. The lowest BCUT2D eigenvalue weighted by Crippen LogP contribution is -2.39. The van der Waals surface area contributed by atoms with Gasteiger partial charge in [0.25, 0.3) is 5.91 Å². The zero-order valence-corrected chi connectivity index (χ0v) is 8.57. The van der Waals surface area contributed by atoms with Crippen molar-refractivity contribution in [3.05, 3.63) is 18.0 Å². The average molecular weight is 211 g/mol. The Morgan fingerprint density at radius 1 is 1.60 bits per heavy atom. The van der Waals surface area contributed by atoms with E-state index in [1.807, 2.05) is 0 Å². The summed E-state index contributed by atoms with van der Waals surface area (Å²) >= 11 is 0. The molecule has 0 saturated heterocycles. The lowest BCUT2D eigenvalue weighted by molar-refractivity contribution is -0.146. The molecule has 1 aromatic rings. The van der Waals surface area contributed by atoms with Crippen LogP contribution in [0.5, 0.6) is 0 Å². The molecule has 0 atom stereocenters. The summed E-state index contributed by atoms with van der Waals surface area (Å²) in [7, 11) is 0. The van der Waals surface area contributed by atoms with Crippen LogP contribution >= 0.6 is 0 Å². The Bertz CT molecular complexity index is 357. The summed E-state index contributed by atoms with van der Waals surface area (Å²) < 4.78 is 0. The summed E-state index contributed by atoms with van der Waals surface area (Å²) in [6.45, 7) is 3.16. The largest absolute Gasteiger partial charge is 0.481 e. The SMILES string of the molecule is CC(C)(CNC(=O)c1ccn[nH]1)C(=O)O. The monoisotopic (exact) mass is 211 g/mol. The lowest BCUT2D eigenvalue weighted by Gasteiger charge is -2.18. The zero-order chi connectivity index (χ0) is 11.5. The summed E-state index contributed by atoms with van der Waals surface area (Å²) in [5, 5.41) is 17.4. The molecule has 82 valence electrons. The number of carbonyl (C=O) groups excluding carboxylic acids is 1. The van der Waals surface area contributed by atoms with Gasteiger partial charge in [-0.1, -0.05) is 0 Å². The normalized spacial score (nSPS) is 11.1. The molecule has 0 bridgehead atoms. The molecule has 0 aliphatic rings. The van der Waals surface area contributed by atoms with Crippen molar-refractivity contribution in [2.24, 2.45) is 5.41 Å². The number of aromatic nitrogens is 2. The molecular formula is C9H13N3O3. The average Bonchev–Trinajstić information content (AvgIpc) is 2.66. The summed E-state index contributed by atoms with van der Waals surface area (Å²) in [5.41, 5.74) is -0.661. The Kier molecular flexibility index (Phi) is 3.08. The van der Waals surface area contributed by atoms with Crippen LogP contribution in [0.1, 0.15) is 24.3 Å². The van der Waals surface area contributed by atoms with E-state index in [4.69, 9.17) is 5.11 Å². The first kappa shape index (κ1) is 11.2. The van der Waals surface area contributed by atoms with Crippen molar-refractivity contribution in [3.8, 4) is 0 Å². The van der Waals surface area contributed by atoms with Crippen LogP contribution in [0.4, 0.5) is 0 Å². The molecule has 0 aliphatic carbocycles. The summed E-state index contributed by atoms with van der Waals surface area (Å²) in [5.74, 6) is -1.31. The highest BCUT2D eigenvalue weighted by molar-refractivity contribution is 5.92. The van der Waals surface area contributed by atoms with Crippen molar-refractivity contribution in [2.45, 2.75) is 13.8 Å². The third-order valence-corrected chi connectivity index (χ3v) is 2.02. The number of carboxylic acids is 1. The number of hydrogen-bond donors (Lipinski definition) is 3. The molecule has 6 nitrogen and oxygen atoms in total. The first-order chi connectivity index (χ1) is 6.93. The number of hydrogen-bond acceptors (Lipinski definition) is 3. The number of aromatic amines is 1. The van der Waals surface area contributed by atoms with Crippen LogP contribution in [-0.4, -0.2) is 33.7 Å². The highest BCUT2D eigenvalue weighted by atomic mass is 16.4. The zero-order valence-electron chi connectivity index (χ0n) is 8.57. The van der Waals surface area contributed by atoms with Crippen molar-refractivity contribution in [1.82, 2.24) is 15.5 Å². The van der Waals surface area contributed by atoms with Crippen molar-refractivity contribution >= 4 is 11.9 Å². The highest BCUT2D eigenvalue weighted by Crippen LogP contribution is 2.13. The van der Waals surface area contributed by atoms with Crippen LogP contribution in [0, 0.1) is 5.41 Å². The van der Waals surface area contributed by atoms with E-state index in [0.29, 0.717) is 5.69 Å². The van der Waals surface area contributed by atoms with Crippen LogP contribution in [0.15, 0.2) is 12.3 Å². The van der Waals surface area contributed by atoms with E-state index >= 15 is 0 Å². The van der Waals surface area contributed by atoms with Gasteiger partial charge in [0.05, 0.1) is 5.41 Å². The maximum absolute atomic E-state index is 11.4. The predicted molar refractivity (Wildman–Crippen MR) is 52.3 cm³/mol. The number of rotatable bonds is 4. The molecule has 1 amide bonds. The fourth-order valence-corrected chi connectivity index (χ4v) is 0.854. The second-order valence-corrected chi connectivity index (χ2v) is 3.84. The van der Waals surface area contributed by atoms with E-state index in [9.17, 15) is 9.59 Å². The van der Waals surface area contributed by atoms with Gasteiger partial charge in [-0.2, -0.15) is 5.10 Å². The molecular weight excluding hydrogens is 198 g/mol. The van der Waals surface area contributed by atoms with Gasteiger partial charge in [0.2, 0.25) is 0 Å². The van der Waals surface area contributed by atoms with E-state index in [1.165, 1.54) is 12.3 Å². The molecule has 15 heavy (non-hydrogen) atoms. The molecule has 0 aliphatic heterocycles. The van der Waals surface area contributed by atoms with E-state index in [-0.39, 0.29) is 12.5 Å². The van der Waals surface area contributed by atoms with Gasteiger partial charge in [-0.15, -0.1) is 0 Å². The maximum Gasteiger partial charge on any atom is 0.310 e. The van der Waals surface area contributed by atoms with Crippen molar-refractivity contribution in [2.75, 3.05) is 6.54 Å². The first-order valence-corrected chi connectivity index (χ1v) is 4.44. The minimum Gasteiger partial charge on any atom is -0.481 e. The fraction of sp³-hybridized carbons (Fsp3) is 0.444. The van der Waals surface area contributed by atoms with Gasteiger partial charge >= 0.3 is 5.97 Å². The second kappa shape index (κ2) is 4.12. The molecule has 6 heteroatoms. The Balaban J connectivity index is 2.51. The van der Waals surface area contributed by atoms with Crippen LogP contribution in [0.3, 0.4) is 0 Å². The van der Waals surface area contributed by atoms with Gasteiger partial charge in [-0.05, 0) is 19.9 Å². The van der Waals surface area contributed by atoms with Crippen molar-refractivity contribution in [1.29, 1.82) is 0 Å². The molecule has 1 rings (SSSR count). The number of amides is 1. The van der Waals surface area contributed by atoms with E-state index in [2.05, 4.69) is 15.5 Å². The topological polar surface area (TPSA) is 95.1 Å². The standard InChI is InChI=1S/C9H13N3O3/c1-9(2,8(14)15)5-10-7(13)6-3-4-11-12-6/h3-4H,5H2,1-2H3,(H,10,13)(H,11,12)(H,14,15). The highest BCUT2D eigenvalue weighted by Gasteiger charge is 2.27. The molecule has 0 fully saturated rings. The van der Waals surface area contributed by atoms with E-state index in [0.717, 1.165) is 0 Å². The molecule has 3 N–H and O–H groups in total. The molecule has 0 saturated carbocycles. The molecule has 0 unspecified atom stereocenters. The Morgan fingerprint density at radius 2 is 2.27 bits per heavy atom. The molecule has 1 aromatic heterocycles. The molecule has 0 aromatic carbocycles. The third-order valence-electron chi connectivity index (χ3n) is 2.02. The van der Waals surface area contributed by atoms with Gasteiger partial charge in [-0.3, -0.25) is 14.7 Å². The van der Waals surface area contributed by atoms with E-state index in [1.54, 1.807) is 13.8 Å². The van der Waals surface area contributed by atoms with Crippen molar-refractivity contribution < 1.29 is 14.7 Å². The summed E-state index contributed by atoms with van der Waals surface area (Å²) in [6, 6.07) is 1.52. The van der Waals surface area contributed by atoms with Crippen LogP contribution in [0.2, 0.25) is 0 Å². The smallest absolute Gasteiger partial charge is 0.310 e. The van der Waals surface area contributed by atoms with Gasteiger partial charge in [-0.25, -0.2) is 0 Å².